The quantitative estimate of drug-likeness (QED) is 0.489. The Morgan fingerprint density at radius 1 is 0.926 bits per heavy atom. The maximum atomic E-state index is 6.00. The highest BCUT2D eigenvalue weighted by atomic mass is 35.5. The van der Waals surface area contributed by atoms with Crippen molar-refractivity contribution in [1.29, 1.82) is 0 Å². The third-order valence-corrected chi connectivity index (χ3v) is 4.37. The number of aromatic nitrogens is 4. The molecule has 0 aliphatic heterocycles. The van der Waals surface area contributed by atoms with Gasteiger partial charge in [0, 0.05) is 16.7 Å². The molecule has 2 N–H and O–H groups in total. The molecule has 8 heteroatoms. The topological polar surface area (TPSA) is 78.8 Å². The summed E-state index contributed by atoms with van der Waals surface area (Å²) >= 11 is 12.0. The van der Waals surface area contributed by atoms with Gasteiger partial charge >= 0.3 is 0 Å². The first-order valence-electron chi connectivity index (χ1n) is 7.97. The molecule has 27 heavy (non-hydrogen) atoms. The number of anilines is 1. The minimum Gasteiger partial charge on any atom is -0.418 e. The van der Waals surface area contributed by atoms with Gasteiger partial charge in [0.2, 0.25) is 11.8 Å². The molecule has 0 spiro atoms. The number of rotatable bonds is 4. The molecule has 2 aromatic heterocycles. The fraction of sp³-hybridized carbons (Fsp3) is 0. The van der Waals surface area contributed by atoms with Crippen LogP contribution in [-0.4, -0.2) is 19.7 Å². The number of hydrogen-bond acceptors (Lipinski definition) is 5. The minimum absolute atomic E-state index is 0.126. The number of ether oxygens (including phenoxy) is 1. The van der Waals surface area contributed by atoms with Crippen LogP contribution in [0.5, 0.6) is 11.8 Å². The van der Waals surface area contributed by atoms with Crippen LogP contribution in [0.25, 0.3) is 16.9 Å². The molecular formula is C19H13Cl2N5O. The van der Waals surface area contributed by atoms with Gasteiger partial charge in [0.05, 0.1) is 11.4 Å². The zero-order chi connectivity index (χ0) is 18.8. The molecule has 0 unspecified atom stereocenters. The lowest BCUT2D eigenvalue weighted by Gasteiger charge is -2.09. The average molecular weight is 398 g/mol. The molecule has 0 aliphatic rings. The summed E-state index contributed by atoms with van der Waals surface area (Å²) in [7, 11) is 0. The highest BCUT2D eigenvalue weighted by Gasteiger charge is 2.16. The smallest absolute Gasteiger partial charge is 0.249 e. The number of benzene rings is 2. The summed E-state index contributed by atoms with van der Waals surface area (Å²) in [6.45, 7) is 0. The van der Waals surface area contributed by atoms with E-state index in [4.69, 9.17) is 33.7 Å². The fourth-order valence-corrected chi connectivity index (χ4v) is 2.74. The van der Waals surface area contributed by atoms with E-state index in [-0.39, 0.29) is 16.7 Å². The van der Waals surface area contributed by atoms with E-state index in [1.54, 1.807) is 22.9 Å². The van der Waals surface area contributed by atoms with Crippen LogP contribution in [0.1, 0.15) is 0 Å². The van der Waals surface area contributed by atoms with Crippen molar-refractivity contribution in [3.05, 3.63) is 77.2 Å². The van der Waals surface area contributed by atoms with E-state index < -0.39 is 0 Å². The van der Waals surface area contributed by atoms with Crippen LogP contribution in [0.3, 0.4) is 0 Å². The summed E-state index contributed by atoms with van der Waals surface area (Å²) in [4.78, 5) is 7.90. The molecule has 6 nitrogen and oxygen atoms in total. The van der Waals surface area contributed by atoms with Gasteiger partial charge < -0.3 is 10.5 Å². The molecule has 2 aromatic carbocycles. The van der Waals surface area contributed by atoms with E-state index >= 15 is 0 Å². The van der Waals surface area contributed by atoms with Crippen molar-refractivity contribution in [3.63, 3.8) is 0 Å². The second-order valence-electron chi connectivity index (χ2n) is 5.61. The lowest BCUT2D eigenvalue weighted by molar-refractivity contribution is 0.429. The molecule has 0 fully saturated rings. The Morgan fingerprint density at radius 3 is 2.41 bits per heavy atom. The third-order valence-electron chi connectivity index (χ3n) is 3.82. The molecule has 0 radical (unpaired) electrons. The highest BCUT2D eigenvalue weighted by molar-refractivity contribution is 6.32. The van der Waals surface area contributed by atoms with E-state index in [1.165, 1.54) is 6.33 Å². The van der Waals surface area contributed by atoms with Crippen molar-refractivity contribution in [2.75, 3.05) is 5.73 Å². The van der Waals surface area contributed by atoms with Crippen molar-refractivity contribution in [1.82, 2.24) is 19.7 Å². The maximum Gasteiger partial charge on any atom is 0.249 e. The predicted octanol–water partition coefficient (Wildman–Crippen LogP) is 5.01. The van der Waals surface area contributed by atoms with Gasteiger partial charge in [-0.25, -0.2) is 9.67 Å². The number of nitrogens with zero attached hydrogens (tertiary/aromatic N) is 4. The number of halogens is 2. The lowest BCUT2D eigenvalue weighted by atomic mass is 10.2. The molecule has 4 rings (SSSR count). The SMILES string of the molecule is Nc1c(Cl)ncnc1Oc1cc(-c2ccccc2)nn1-c1ccc(Cl)cc1. The van der Waals surface area contributed by atoms with Crippen molar-refractivity contribution >= 4 is 28.9 Å². The van der Waals surface area contributed by atoms with Crippen molar-refractivity contribution in [2.45, 2.75) is 0 Å². The standard InChI is InChI=1S/C19H13Cl2N5O/c20-13-6-8-14(9-7-13)26-16(27-19-17(22)18(21)23-11-24-19)10-15(25-26)12-4-2-1-3-5-12/h1-11H,22H2. The Morgan fingerprint density at radius 2 is 1.67 bits per heavy atom. The van der Waals surface area contributed by atoms with Crippen LogP contribution in [-0.2, 0) is 0 Å². The zero-order valence-corrected chi connectivity index (χ0v) is 15.4. The number of nitrogen functional groups attached to an aromatic ring is 1. The summed E-state index contributed by atoms with van der Waals surface area (Å²) in [5.41, 5.74) is 8.54. The normalized spacial score (nSPS) is 10.7. The first-order valence-corrected chi connectivity index (χ1v) is 8.72. The molecule has 0 saturated carbocycles. The van der Waals surface area contributed by atoms with E-state index in [0.717, 1.165) is 16.9 Å². The summed E-state index contributed by atoms with van der Waals surface area (Å²) in [6.07, 6.45) is 1.29. The Balaban J connectivity index is 1.82. The van der Waals surface area contributed by atoms with Gasteiger partial charge in [-0.2, -0.15) is 10.1 Å². The summed E-state index contributed by atoms with van der Waals surface area (Å²) in [5.74, 6) is 0.586. The van der Waals surface area contributed by atoms with Gasteiger partial charge in [-0.3, -0.25) is 0 Å². The van der Waals surface area contributed by atoms with E-state index in [9.17, 15) is 0 Å². The van der Waals surface area contributed by atoms with Crippen molar-refractivity contribution in [2.24, 2.45) is 0 Å². The first-order chi connectivity index (χ1) is 13.1. The Hall–Kier alpha value is -3.09. The first kappa shape index (κ1) is 17.3. The van der Waals surface area contributed by atoms with Crippen LogP contribution >= 0.6 is 23.2 Å². The zero-order valence-electron chi connectivity index (χ0n) is 13.9. The van der Waals surface area contributed by atoms with Crippen LogP contribution in [0, 0.1) is 0 Å². The van der Waals surface area contributed by atoms with Crippen LogP contribution < -0.4 is 10.5 Å². The van der Waals surface area contributed by atoms with Gasteiger partial charge in [0.25, 0.3) is 0 Å². The Kier molecular flexibility index (Phi) is 4.66. The number of hydrogen-bond donors (Lipinski definition) is 1. The highest BCUT2D eigenvalue weighted by Crippen LogP contribution is 2.33. The Bertz CT molecular complexity index is 1080. The summed E-state index contributed by atoms with van der Waals surface area (Å²) in [6, 6.07) is 18.8. The Labute approximate surface area is 165 Å². The molecule has 0 atom stereocenters. The summed E-state index contributed by atoms with van der Waals surface area (Å²) in [5, 5.41) is 5.41. The average Bonchev–Trinajstić information content (AvgIpc) is 3.11. The monoisotopic (exact) mass is 397 g/mol. The predicted molar refractivity (Wildman–Crippen MR) is 106 cm³/mol. The summed E-state index contributed by atoms with van der Waals surface area (Å²) < 4.78 is 7.56. The van der Waals surface area contributed by atoms with E-state index in [1.807, 2.05) is 42.5 Å². The molecule has 2 heterocycles. The fourth-order valence-electron chi connectivity index (χ4n) is 2.49. The van der Waals surface area contributed by atoms with Gasteiger partial charge in [-0.05, 0) is 24.3 Å². The van der Waals surface area contributed by atoms with Gasteiger partial charge in [-0.15, -0.1) is 0 Å². The molecule has 4 aromatic rings. The third kappa shape index (κ3) is 3.58. The second kappa shape index (κ2) is 7.26. The van der Waals surface area contributed by atoms with E-state index in [2.05, 4.69) is 15.1 Å². The largest absolute Gasteiger partial charge is 0.418 e. The molecular weight excluding hydrogens is 385 g/mol. The van der Waals surface area contributed by atoms with Crippen LogP contribution in [0.4, 0.5) is 5.69 Å². The van der Waals surface area contributed by atoms with Crippen molar-refractivity contribution in [3.8, 4) is 28.7 Å². The minimum atomic E-state index is 0.126. The van der Waals surface area contributed by atoms with Gasteiger partial charge in [0.15, 0.2) is 5.15 Å². The maximum absolute atomic E-state index is 6.00. The number of nitrogens with two attached hydrogens (primary N) is 1. The van der Waals surface area contributed by atoms with E-state index in [0.29, 0.717) is 10.9 Å². The van der Waals surface area contributed by atoms with Crippen LogP contribution in [0.15, 0.2) is 67.0 Å². The second-order valence-corrected chi connectivity index (χ2v) is 6.40. The lowest BCUT2D eigenvalue weighted by Crippen LogP contribution is -2.02. The van der Waals surface area contributed by atoms with Gasteiger partial charge in [-0.1, -0.05) is 53.5 Å². The molecule has 0 saturated heterocycles. The molecule has 0 amide bonds. The van der Waals surface area contributed by atoms with Crippen molar-refractivity contribution < 1.29 is 4.74 Å². The molecule has 0 bridgehead atoms. The molecule has 0 aliphatic carbocycles. The molecule has 134 valence electrons. The van der Waals surface area contributed by atoms with Gasteiger partial charge in [0.1, 0.15) is 12.0 Å². The van der Waals surface area contributed by atoms with Crippen LogP contribution in [0.2, 0.25) is 10.2 Å².